The molecule has 0 aromatic heterocycles. The summed E-state index contributed by atoms with van der Waals surface area (Å²) >= 11 is 0. The van der Waals surface area contributed by atoms with Crippen molar-refractivity contribution in [2.75, 3.05) is 13.2 Å². The van der Waals surface area contributed by atoms with Crippen LogP contribution in [0.25, 0.3) is 0 Å². The van der Waals surface area contributed by atoms with Gasteiger partial charge in [-0.25, -0.2) is 4.57 Å². The van der Waals surface area contributed by atoms with Gasteiger partial charge in [0.2, 0.25) is 5.79 Å². The van der Waals surface area contributed by atoms with Crippen molar-refractivity contribution in [1.29, 1.82) is 0 Å². The van der Waals surface area contributed by atoms with E-state index in [4.69, 9.17) is 9.79 Å². The Morgan fingerprint density at radius 1 is 1.53 bits per heavy atom. The molecule has 90 valence electrons. The van der Waals surface area contributed by atoms with Gasteiger partial charge in [-0.15, -0.1) is 0 Å². The molecule has 0 radical (unpaired) electrons. The van der Waals surface area contributed by atoms with E-state index >= 15 is 0 Å². The highest BCUT2D eigenvalue weighted by Gasteiger charge is 2.55. The molecule has 5 N–H and O–H groups in total. The fourth-order valence-electron chi connectivity index (χ4n) is 1.21. The lowest BCUT2D eigenvalue weighted by atomic mass is 9.97. The Morgan fingerprint density at radius 3 is 2.40 bits per heavy atom. The average Bonchev–Trinajstić information content (AvgIpc) is 2.27. The third kappa shape index (κ3) is 2.96. The maximum atomic E-state index is 10.4. The Hall–Kier alpha value is -0.0500. The topological polar surface area (TPSA) is 137 Å². The number of hydrogen-bond acceptors (Lipinski definition) is 6. The third-order valence-corrected chi connectivity index (χ3v) is 2.54. The van der Waals surface area contributed by atoms with E-state index in [1.807, 2.05) is 0 Å². The summed E-state index contributed by atoms with van der Waals surface area (Å²) in [5, 5.41) is 28.4. The lowest BCUT2D eigenvalue weighted by molar-refractivity contribution is -0.234. The second kappa shape index (κ2) is 3.76. The zero-order valence-electron chi connectivity index (χ0n) is 7.90. The van der Waals surface area contributed by atoms with Crippen molar-refractivity contribution in [1.82, 2.24) is 0 Å². The van der Waals surface area contributed by atoms with E-state index in [1.54, 1.807) is 0 Å². The largest absolute Gasteiger partial charge is 0.469 e. The Bertz CT molecular complexity index is 285. The fourth-order valence-corrected chi connectivity index (χ4v) is 1.57. The SMILES string of the molecule is C[C@]1(O)CO[C@@](O)(COP(=O)(O)O)[C@@H]1O. The van der Waals surface area contributed by atoms with Crippen LogP contribution < -0.4 is 0 Å². The average molecular weight is 244 g/mol. The van der Waals surface area contributed by atoms with Gasteiger partial charge in [-0.2, -0.15) is 0 Å². The van der Waals surface area contributed by atoms with E-state index in [9.17, 15) is 19.9 Å². The quantitative estimate of drug-likeness (QED) is 0.357. The standard InChI is InChI=1S/C6H13O8P/c1-5(8)2-13-6(9,4(5)7)3-14-15(10,11)12/h4,7-9H,2-3H2,1H3,(H2,10,11,12)/t4-,5+,6+/m1/s1. The van der Waals surface area contributed by atoms with Gasteiger partial charge in [-0.3, -0.25) is 4.52 Å². The van der Waals surface area contributed by atoms with Gasteiger partial charge in [-0.05, 0) is 6.92 Å². The molecule has 3 atom stereocenters. The summed E-state index contributed by atoms with van der Waals surface area (Å²) in [5.74, 6) is -2.31. The minimum atomic E-state index is -4.76. The van der Waals surface area contributed by atoms with Gasteiger partial charge >= 0.3 is 7.82 Å². The van der Waals surface area contributed by atoms with Gasteiger partial charge in [0.25, 0.3) is 0 Å². The van der Waals surface area contributed by atoms with Crippen LogP contribution in [0.3, 0.4) is 0 Å². The Kier molecular flexibility index (Phi) is 3.26. The van der Waals surface area contributed by atoms with Crippen LogP contribution in [-0.4, -0.2) is 55.8 Å². The monoisotopic (exact) mass is 244 g/mol. The van der Waals surface area contributed by atoms with E-state index in [2.05, 4.69) is 9.26 Å². The van der Waals surface area contributed by atoms with E-state index in [-0.39, 0.29) is 6.61 Å². The number of rotatable bonds is 3. The van der Waals surface area contributed by atoms with Crippen molar-refractivity contribution in [3.8, 4) is 0 Å². The van der Waals surface area contributed by atoms with Crippen molar-refractivity contribution in [2.45, 2.75) is 24.4 Å². The summed E-state index contributed by atoms with van der Waals surface area (Å²) in [6.07, 6.45) is -1.71. The molecule has 9 heteroatoms. The maximum absolute atomic E-state index is 10.4. The van der Waals surface area contributed by atoms with E-state index < -0.39 is 31.9 Å². The van der Waals surface area contributed by atoms with Crippen LogP contribution >= 0.6 is 7.82 Å². The summed E-state index contributed by atoms with van der Waals surface area (Å²) in [5.41, 5.74) is -1.69. The zero-order chi connectivity index (χ0) is 11.9. The second-order valence-electron chi connectivity index (χ2n) is 3.66. The van der Waals surface area contributed by atoms with Gasteiger partial charge in [0.1, 0.15) is 18.3 Å². The molecule has 0 aromatic carbocycles. The van der Waals surface area contributed by atoms with Crippen LogP contribution in [0.2, 0.25) is 0 Å². The number of aliphatic hydroxyl groups is 3. The van der Waals surface area contributed by atoms with Crippen LogP contribution in [0.15, 0.2) is 0 Å². The molecule has 8 nitrogen and oxygen atoms in total. The molecule has 1 aliphatic heterocycles. The maximum Gasteiger partial charge on any atom is 0.469 e. The van der Waals surface area contributed by atoms with E-state index in [0.717, 1.165) is 0 Å². The molecule has 1 heterocycles. The molecule has 1 aliphatic rings. The molecule has 0 unspecified atom stereocenters. The number of ether oxygens (including phenoxy) is 1. The predicted molar refractivity (Wildman–Crippen MR) is 45.5 cm³/mol. The van der Waals surface area contributed by atoms with Crippen molar-refractivity contribution in [3.63, 3.8) is 0 Å². The third-order valence-electron chi connectivity index (χ3n) is 2.07. The van der Waals surface area contributed by atoms with Crippen molar-refractivity contribution in [3.05, 3.63) is 0 Å². The zero-order valence-corrected chi connectivity index (χ0v) is 8.79. The van der Waals surface area contributed by atoms with Gasteiger partial charge in [0.05, 0.1) is 6.61 Å². The van der Waals surface area contributed by atoms with Crippen LogP contribution in [0.1, 0.15) is 6.92 Å². The highest BCUT2D eigenvalue weighted by Crippen LogP contribution is 2.40. The normalized spacial score (nSPS) is 42.1. The molecule has 0 aliphatic carbocycles. The first-order valence-electron chi connectivity index (χ1n) is 4.04. The van der Waals surface area contributed by atoms with Gasteiger partial charge in [0, 0.05) is 0 Å². The van der Waals surface area contributed by atoms with Gasteiger partial charge in [0.15, 0.2) is 0 Å². The molecule has 0 spiro atoms. The Labute approximate surface area is 85.3 Å². The van der Waals surface area contributed by atoms with Crippen LogP contribution in [0.5, 0.6) is 0 Å². The molecular weight excluding hydrogens is 231 g/mol. The molecule has 1 saturated heterocycles. The van der Waals surface area contributed by atoms with Crippen LogP contribution in [-0.2, 0) is 13.8 Å². The molecule has 0 bridgehead atoms. The summed E-state index contributed by atoms with van der Waals surface area (Å²) < 4.78 is 19.0. The second-order valence-corrected chi connectivity index (χ2v) is 4.90. The summed E-state index contributed by atoms with van der Waals surface area (Å²) in [4.78, 5) is 16.8. The number of hydrogen-bond donors (Lipinski definition) is 5. The highest BCUT2D eigenvalue weighted by atomic mass is 31.2. The number of phosphoric acid groups is 1. The van der Waals surface area contributed by atoms with Crippen LogP contribution in [0, 0.1) is 0 Å². The summed E-state index contributed by atoms with van der Waals surface area (Å²) in [6.45, 7) is -0.0864. The first kappa shape index (κ1) is 13.0. The smallest absolute Gasteiger partial charge is 0.385 e. The van der Waals surface area contributed by atoms with Gasteiger partial charge in [-0.1, -0.05) is 0 Å². The minimum Gasteiger partial charge on any atom is -0.385 e. The molecule has 0 amide bonds. The Balaban J connectivity index is 2.66. The molecule has 1 rings (SSSR count). The predicted octanol–water partition coefficient (Wildman–Crippen LogP) is -2.07. The Morgan fingerprint density at radius 2 is 2.07 bits per heavy atom. The van der Waals surface area contributed by atoms with E-state index in [1.165, 1.54) is 6.92 Å². The first-order chi connectivity index (χ1) is 6.57. The number of aliphatic hydroxyl groups excluding tert-OH is 1. The molecule has 0 saturated carbocycles. The highest BCUT2D eigenvalue weighted by molar-refractivity contribution is 7.46. The molecule has 0 aromatic rings. The lowest BCUT2D eigenvalue weighted by Gasteiger charge is -2.28. The number of phosphoric ester groups is 1. The van der Waals surface area contributed by atoms with E-state index in [0.29, 0.717) is 0 Å². The molecule has 15 heavy (non-hydrogen) atoms. The van der Waals surface area contributed by atoms with Crippen LogP contribution in [0.4, 0.5) is 0 Å². The fraction of sp³-hybridized carbons (Fsp3) is 1.00. The van der Waals surface area contributed by atoms with Gasteiger partial charge < -0.3 is 29.8 Å². The summed E-state index contributed by atoms with van der Waals surface area (Å²) in [7, 11) is -4.76. The lowest BCUT2D eigenvalue weighted by Crippen LogP contribution is -2.51. The molecular formula is C6H13O8P. The first-order valence-corrected chi connectivity index (χ1v) is 5.57. The van der Waals surface area contributed by atoms with Crippen molar-refractivity contribution >= 4 is 7.82 Å². The molecule has 1 fully saturated rings. The minimum absolute atomic E-state index is 0.366. The summed E-state index contributed by atoms with van der Waals surface area (Å²) in [6, 6.07) is 0. The van der Waals surface area contributed by atoms with Crippen molar-refractivity contribution < 1.29 is 38.9 Å². The van der Waals surface area contributed by atoms with Crippen molar-refractivity contribution in [2.24, 2.45) is 0 Å².